The number of carboxylic acid groups (broad SMARTS) is 1. The number of unbranched alkanes of at least 4 members (excludes halogenated alkanes) is 5. The van der Waals surface area contributed by atoms with E-state index in [1.807, 2.05) is 41.3 Å². The van der Waals surface area contributed by atoms with E-state index in [9.17, 15) is 14.7 Å². The van der Waals surface area contributed by atoms with Crippen LogP contribution in [0.4, 0.5) is 0 Å². The molecule has 1 unspecified atom stereocenters. The minimum absolute atomic E-state index is 0.0909. The lowest BCUT2D eigenvalue weighted by Gasteiger charge is -2.28. The molecule has 0 saturated heterocycles. The van der Waals surface area contributed by atoms with Crippen molar-refractivity contribution in [2.24, 2.45) is 0 Å². The molecule has 0 aliphatic heterocycles. The van der Waals surface area contributed by atoms with Crippen LogP contribution in [0.3, 0.4) is 0 Å². The van der Waals surface area contributed by atoms with Crippen LogP contribution >= 0.6 is 0 Å². The average Bonchev–Trinajstić information content (AvgIpc) is 2.82. The van der Waals surface area contributed by atoms with E-state index in [1.165, 1.54) is 19.3 Å². The number of aliphatic carboxylic acids is 1. The third kappa shape index (κ3) is 11.1. The van der Waals surface area contributed by atoms with Crippen LogP contribution in [0.2, 0.25) is 0 Å². The van der Waals surface area contributed by atoms with Crippen LogP contribution in [0.25, 0.3) is 0 Å². The van der Waals surface area contributed by atoms with Gasteiger partial charge in [-0.1, -0.05) is 44.7 Å². The van der Waals surface area contributed by atoms with Gasteiger partial charge in [-0.15, -0.1) is 0 Å². The van der Waals surface area contributed by atoms with Crippen molar-refractivity contribution in [3.8, 4) is 0 Å². The topological polar surface area (TPSA) is 95.4 Å². The average molecular weight is 455 g/mol. The molecular weight excluding hydrogens is 416 g/mol. The summed E-state index contributed by atoms with van der Waals surface area (Å²) < 4.78 is 0. The number of nitrogens with one attached hydrogen (secondary N) is 1. The van der Waals surface area contributed by atoms with Crippen molar-refractivity contribution in [3.63, 3.8) is 0 Å². The van der Waals surface area contributed by atoms with Gasteiger partial charge in [0.15, 0.2) is 0 Å². The Balaban J connectivity index is 1.83. The Morgan fingerprint density at radius 1 is 0.909 bits per heavy atom. The van der Waals surface area contributed by atoms with Gasteiger partial charge in [-0.05, 0) is 49.9 Å². The molecule has 0 aliphatic rings. The molecule has 7 heteroatoms. The molecule has 0 saturated carbocycles. The largest absolute Gasteiger partial charge is 0.480 e. The second-order valence-corrected chi connectivity index (χ2v) is 8.41. The van der Waals surface area contributed by atoms with Crippen LogP contribution in [0.1, 0.15) is 76.1 Å². The van der Waals surface area contributed by atoms with Gasteiger partial charge in [0.05, 0.1) is 11.4 Å². The van der Waals surface area contributed by atoms with Gasteiger partial charge in [-0.25, -0.2) is 0 Å². The number of amides is 1. The maximum atomic E-state index is 12.1. The van der Waals surface area contributed by atoms with E-state index in [4.69, 9.17) is 0 Å². The summed E-state index contributed by atoms with van der Waals surface area (Å²) in [5, 5.41) is 12.9. The van der Waals surface area contributed by atoms with Gasteiger partial charge in [-0.3, -0.25) is 24.5 Å². The zero-order chi connectivity index (χ0) is 23.7. The fourth-order valence-corrected chi connectivity index (χ4v) is 3.81. The number of carboxylic acids is 1. The first-order valence-electron chi connectivity index (χ1n) is 12.1. The Hall–Kier alpha value is -2.80. The predicted molar refractivity (Wildman–Crippen MR) is 129 cm³/mol. The number of rotatable bonds is 17. The van der Waals surface area contributed by atoms with Gasteiger partial charge in [0.2, 0.25) is 5.91 Å². The lowest BCUT2D eigenvalue weighted by Crippen LogP contribution is -2.40. The number of carbonyl (C=O) groups is 2. The molecule has 180 valence electrons. The van der Waals surface area contributed by atoms with Gasteiger partial charge in [0.1, 0.15) is 6.04 Å². The Kier molecular flexibility index (Phi) is 12.8. The smallest absolute Gasteiger partial charge is 0.320 e. The first-order chi connectivity index (χ1) is 16.1. The van der Waals surface area contributed by atoms with Crippen LogP contribution in [0, 0.1) is 0 Å². The molecular formula is C26H38N4O3. The third-order valence-corrected chi connectivity index (χ3v) is 5.64. The van der Waals surface area contributed by atoms with Crippen molar-refractivity contribution in [3.05, 3.63) is 60.2 Å². The molecule has 0 fully saturated rings. The lowest BCUT2D eigenvalue weighted by atomic mass is 10.1. The van der Waals surface area contributed by atoms with Crippen molar-refractivity contribution < 1.29 is 14.7 Å². The molecule has 0 aliphatic carbocycles. The summed E-state index contributed by atoms with van der Waals surface area (Å²) in [6, 6.07) is 10.7. The van der Waals surface area contributed by atoms with Crippen LogP contribution in [0.15, 0.2) is 48.8 Å². The Morgan fingerprint density at radius 2 is 1.55 bits per heavy atom. The molecule has 1 atom stereocenters. The van der Waals surface area contributed by atoms with Gasteiger partial charge >= 0.3 is 5.97 Å². The number of carbonyl (C=O) groups excluding carboxylic acids is 1. The summed E-state index contributed by atoms with van der Waals surface area (Å²) in [5.41, 5.74) is 1.65. The number of nitrogens with zero attached hydrogens (tertiary/aromatic N) is 3. The van der Waals surface area contributed by atoms with Crippen LogP contribution < -0.4 is 5.32 Å². The fourth-order valence-electron chi connectivity index (χ4n) is 3.81. The zero-order valence-corrected chi connectivity index (χ0v) is 19.8. The standard InChI is InChI=1S/C26H38N4O3/c1-2-3-4-5-6-16-25(31)29-19-12-9-15-24(26(32)33)30(20-22-13-7-10-17-27-22)21-23-14-8-11-18-28-23/h7-8,10-11,13-14,17-18,24H,2-6,9,12,15-16,19-21H2,1H3,(H,29,31)(H,32,33). The van der Waals surface area contributed by atoms with Crippen LogP contribution in [-0.2, 0) is 22.7 Å². The molecule has 2 heterocycles. The molecule has 1 amide bonds. The quantitative estimate of drug-likeness (QED) is 0.340. The van der Waals surface area contributed by atoms with E-state index < -0.39 is 12.0 Å². The van der Waals surface area contributed by atoms with E-state index in [2.05, 4.69) is 22.2 Å². The number of pyridine rings is 2. The number of hydrogen-bond donors (Lipinski definition) is 2. The lowest BCUT2D eigenvalue weighted by molar-refractivity contribution is -0.144. The van der Waals surface area contributed by atoms with E-state index in [1.54, 1.807) is 12.4 Å². The van der Waals surface area contributed by atoms with E-state index in [-0.39, 0.29) is 5.91 Å². The molecule has 7 nitrogen and oxygen atoms in total. The van der Waals surface area contributed by atoms with Gasteiger partial charge in [-0.2, -0.15) is 0 Å². The summed E-state index contributed by atoms with van der Waals surface area (Å²) in [6.07, 6.45) is 11.6. The van der Waals surface area contributed by atoms with E-state index in [0.717, 1.165) is 30.7 Å². The first-order valence-corrected chi connectivity index (χ1v) is 12.1. The fraction of sp³-hybridized carbons (Fsp3) is 0.538. The molecule has 0 bridgehead atoms. The molecule has 2 rings (SSSR count). The maximum Gasteiger partial charge on any atom is 0.320 e. The minimum atomic E-state index is -0.849. The number of hydrogen-bond acceptors (Lipinski definition) is 5. The zero-order valence-electron chi connectivity index (χ0n) is 19.8. The summed E-state index contributed by atoms with van der Waals surface area (Å²) in [4.78, 5) is 34.8. The van der Waals surface area contributed by atoms with Gasteiger partial charge < -0.3 is 10.4 Å². The van der Waals surface area contributed by atoms with Crippen molar-refractivity contribution in [2.75, 3.05) is 6.54 Å². The van der Waals surface area contributed by atoms with Crippen LogP contribution in [-0.4, -0.2) is 44.4 Å². The monoisotopic (exact) mass is 454 g/mol. The molecule has 33 heavy (non-hydrogen) atoms. The van der Waals surface area contributed by atoms with Crippen LogP contribution in [0.5, 0.6) is 0 Å². The third-order valence-electron chi connectivity index (χ3n) is 5.64. The summed E-state index contributed by atoms with van der Waals surface area (Å²) >= 11 is 0. The maximum absolute atomic E-state index is 12.1. The molecule has 2 N–H and O–H groups in total. The Morgan fingerprint density at radius 3 is 2.09 bits per heavy atom. The molecule has 2 aromatic rings. The van der Waals surface area contributed by atoms with Gasteiger partial charge in [0, 0.05) is 38.4 Å². The second-order valence-electron chi connectivity index (χ2n) is 8.41. The van der Waals surface area contributed by atoms with E-state index in [0.29, 0.717) is 38.9 Å². The van der Waals surface area contributed by atoms with Crippen molar-refractivity contribution in [2.45, 2.75) is 83.8 Å². The highest BCUT2D eigenvalue weighted by Gasteiger charge is 2.26. The highest BCUT2D eigenvalue weighted by atomic mass is 16.4. The Labute approximate surface area is 197 Å². The molecule has 2 aromatic heterocycles. The predicted octanol–water partition coefficient (Wildman–Crippen LogP) is 4.58. The molecule has 0 radical (unpaired) electrons. The molecule has 0 spiro atoms. The first kappa shape index (κ1) is 26.5. The molecule has 0 aromatic carbocycles. The summed E-state index contributed by atoms with van der Waals surface area (Å²) in [5.74, 6) is -0.758. The highest BCUT2D eigenvalue weighted by Crippen LogP contribution is 2.16. The Bertz CT molecular complexity index is 760. The number of aromatic nitrogens is 2. The normalized spacial score (nSPS) is 11.9. The SMILES string of the molecule is CCCCCCCC(=O)NCCCCC(C(=O)O)N(Cc1ccccn1)Cc1ccccn1. The van der Waals surface area contributed by atoms with E-state index >= 15 is 0 Å². The summed E-state index contributed by atoms with van der Waals surface area (Å²) in [6.45, 7) is 3.63. The van der Waals surface area contributed by atoms with Crippen molar-refractivity contribution in [1.82, 2.24) is 20.2 Å². The highest BCUT2D eigenvalue weighted by molar-refractivity contribution is 5.75. The summed E-state index contributed by atoms with van der Waals surface area (Å²) in [7, 11) is 0. The van der Waals surface area contributed by atoms with Gasteiger partial charge in [0.25, 0.3) is 0 Å². The second kappa shape index (κ2) is 15.9. The minimum Gasteiger partial charge on any atom is -0.480 e. The van der Waals surface area contributed by atoms with Crippen molar-refractivity contribution in [1.29, 1.82) is 0 Å². The van der Waals surface area contributed by atoms with Crippen molar-refractivity contribution >= 4 is 11.9 Å².